The predicted octanol–water partition coefficient (Wildman–Crippen LogP) is 3.11. The van der Waals surface area contributed by atoms with Crippen LogP contribution in [0.5, 0.6) is 0 Å². The highest BCUT2D eigenvalue weighted by atomic mass is 16.6. The highest BCUT2D eigenvalue weighted by Crippen LogP contribution is 2.68. The van der Waals surface area contributed by atoms with Crippen molar-refractivity contribution in [2.45, 2.75) is 85.4 Å². The van der Waals surface area contributed by atoms with Crippen molar-refractivity contribution in [3.63, 3.8) is 0 Å². The van der Waals surface area contributed by atoms with Crippen LogP contribution in [-0.2, 0) is 14.3 Å². The van der Waals surface area contributed by atoms with E-state index >= 15 is 0 Å². The third-order valence-corrected chi connectivity index (χ3v) is 9.11. The standard InChI is InChI=1S/C22H36O5/c1-6-20(4)11-16(27-17(25)12-23)21(5)13(2)7-9-22(14(3)19(20)26)10-8-15(24)18(21)22/h13-14,16,18-19,23,26H,6-12H2,1-5H3/t13-,14-,16-,18?,19+,20-,21+,22?/m1/s1. The molecule has 154 valence electrons. The highest BCUT2D eigenvalue weighted by Gasteiger charge is 2.68. The van der Waals surface area contributed by atoms with Crippen molar-refractivity contribution in [3.05, 3.63) is 0 Å². The molecule has 0 aliphatic heterocycles. The third-order valence-electron chi connectivity index (χ3n) is 9.11. The number of hydrogen-bond acceptors (Lipinski definition) is 5. The van der Waals surface area contributed by atoms with Crippen molar-refractivity contribution in [1.29, 1.82) is 0 Å². The lowest BCUT2D eigenvalue weighted by Crippen LogP contribution is -2.63. The Labute approximate surface area is 162 Å². The largest absolute Gasteiger partial charge is 0.460 e. The van der Waals surface area contributed by atoms with Crippen molar-refractivity contribution in [2.75, 3.05) is 6.61 Å². The molecule has 3 rings (SSSR count). The topological polar surface area (TPSA) is 83.8 Å². The number of carbonyl (C=O) groups excluding carboxylic acids is 2. The van der Waals surface area contributed by atoms with E-state index in [0.717, 1.165) is 25.7 Å². The van der Waals surface area contributed by atoms with E-state index in [4.69, 9.17) is 4.74 Å². The Kier molecular flexibility index (Phi) is 5.26. The molecule has 0 heterocycles. The van der Waals surface area contributed by atoms with Gasteiger partial charge in [-0.2, -0.15) is 0 Å². The number of esters is 1. The van der Waals surface area contributed by atoms with Crippen LogP contribution in [0.25, 0.3) is 0 Å². The van der Waals surface area contributed by atoms with Gasteiger partial charge in [0.15, 0.2) is 0 Å². The van der Waals surface area contributed by atoms with Gasteiger partial charge < -0.3 is 14.9 Å². The van der Waals surface area contributed by atoms with Gasteiger partial charge in [0.05, 0.1) is 6.10 Å². The summed E-state index contributed by atoms with van der Waals surface area (Å²) in [6, 6.07) is 0. The highest BCUT2D eigenvalue weighted by molar-refractivity contribution is 5.85. The van der Waals surface area contributed by atoms with E-state index in [1.807, 2.05) is 0 Å². The maximum atomic E-state index is 13.1. The number of Topliss-reactive ketones (excluding diaryl/α,β-unsaturated/α-hetero) is 1. The minimum atomic E-state index is -0.660. The Bertz CT molecular complexity index is 618. The van der Waals surface area contributed by atoms with Gasteiger partial charge in [0.25, 0.3) is 0 Å². The van der Waals surface area contributed by atoms with Crippen LogP contribution in [0.3, 0.4) is 0 Å². The molecule has 0 saturated heterocycles. The average molecular weight is 381 g/mol. The summed E-state index contributed by atoms with van der Waals surface area (Å²) in [4.78, 5) is 25.2. The monoisotopic (exact) mass is 380 g/mol. The van der Waals surface area contributed by atoms with E-state index in [1.165, 1.54) is 0 Å². The summed E-state index contributed by atoms with van der Waals surface area (Å²) in [6.07, 6.45) is 3.53. The van der Waals surface area contributed by atoms with Crippen LogP contribution in [0.4, 0.5) is 0 Å². The number of aliphatic hydroxyl groups is 2. The number of rotatable bonds is 3. The fourth-order valence-electron chi connectivity index (χ4n) is 6.90. The number of carbonyl (C=O) groups is 2. The van der Waals surface area contributed by atoms with Crippen LogP contribution in [0.2, 0.25) is 0 Å². The summed E-state index contributed by atoms with van der Waals surface area (Å²) in [6.45, 7) is 9.90. The zero-order chi connectivity index (χ0) is 20.2. The minimum absolute atomic E-state index is 0.0280. The molecule has 8 atom stereocenters. The lowest BCUT2D eigenvalue weighted by Gasteiger charge is -2.62. The van der Waals surface area contributed by atoms with Crippen LogP contribution in [0, 0.1) is 34.0 Å². The second-order valence-electron chi connectivity index (χ2n) is 10.0. The van der Waals surface area contributed by atoms with E-state index in [1.54, 1.807) is 0 Å². The summed E-state index contributed by atoms with van der Waals surface area (Å²) in [5.41, 5.74) is -1.10. The summed E-state index contributed by atoms with van der Waals surface area (Å²) >= 11 is 0. The second kappa shape index (κ2) is 6.84. The molecule has 0 spiro atoms. The van der Waals surface area contributed by atoms with Gasteiger partial charge in [0.2, 0.25) is 0 Å². The van der Waals surface area contributed by atoms with Crippen molar-refractivity contribution in [2.24, 2.45) is 34.0 Å². The molecule has 0 radical (unpaired) electrons. The number of aliphatic hydroxyl groups excluding tert-OH is 2. The number of ketones is 1. The van der Waals surface area contributed by atoms with Crippen LogP contribution < -0.4 is 0 Å². The Hall–Kier alpha value is -0.940. The van der Waals surface area contributed by atoms with Gasteiger partial charge in [0.1, 0.15) is 18.5 Å². The average Bonchev–Trinajstić information content (AvgIpc) is 3.00. The van der Waals surface area contributed by atoms with Gasteiger partial charge in [-0.3, -0.25) is 4.79 Å². The number of hydrogen-bond donors (Lipinski definition) is 2. The molecular weight excluding hydrogens is 344 g/mol. The maximum Gasteiger partial charge on any atom is 0.332 e. The molecule has 27 heavy (non-hydrogen) atoms. The first kappa shape index (κ1) is 20.8. The van der Waals surface area contributed by atoms with E-state index in [9.17, 15) is 19.8 Å². The van der Waals surface area contributed by atoms with Crippen molar-refractivity contribution >= 4 is 11.8 Å². The fourth-order valence-corrected chi connectivity index (χ4v) is 6.90. The smallest absolute Gasteiger partial charge is 0.332 e. The SMILES string of the molecule is CC[C@]1(C)C[C@@H](OC(=O)CO)[C@@]2(C)C3C(=O)CCC3(CC[C@H]2C)[C@H](C)[C@@H]1O. The van der Waals surface area contributed by atoms with Gasteiger partial charge in [-0.1, -0.05) is 34.6 Å². The minimum Gasteiger partial charge on any atom is -0.460 e. The molecule has 2 bridgehead atoms. The van der Waals surface area contributed by atoms with Crippen molar-refractivity contribution in [3.8, 4) is 0 Å². The molecule has 0 aromatic carbocycles. The zero-order valence-corrected chi connectivity index (χ0v) is 17.5. The van der Waals surface area contributed by atoms with Gasteiger partial charge in [-0.05, 0) is 54.8 Å². The van der Waals surface area contributed by atoms with E-state index in [0.29, 0.717) is 12.8 Å². The summed E-state index contributed by atoms with van der Waals surface area (Å²) in [7, 11) is 0. The summed E-state index contributed by atoms with van der Waals surface area (Å²) in [5, 5.41) is 20.7. The Morgan fingerprint density at radius 2 is 1.93 bits per heavy atom. The first-order valence-electron chi connectivity index (χ1n) is 10.6. The van der Waals surface area contributed by atoms with Crippen LogP contribution in [0.1, 0.15) is 73.1 Å². The van der Waals surface area contributed by atoms with E-state index in [-0.39, 0.29) is 29.0 Å². The molecule has 0 aromatic rings. The van der Waals surface area contributed by atoms with E-state index < -0.39 is 35.6 Å². The zero-order valence-electron chi connectivity index (χ0n) is 17.5. The van der Waals surface area contributed by atoms with Crippen LogP contribution in [-0.4, -0.2) is 40.8 Å². The third kappa shape index (κ3) is 2.79. The Morgan fingerprint density at radius 1 is 1.26 bits per heavy atom. The van der Waals surface area contributed by atoms with E-state index in [2.05, 4.69) is 34.6 Å². The Morgan fingerprint density at radius 3 is 2.52 bits per heavy atom. The molecule has 5 heteroatoms. The molecule has 0 amide bonds. The van der Waals surface area contributed by atoms with Gasteiger partial charge in [0, 0.05) is 17.8 Å². The lowest BCUT2D eigenvalue weighted by atomic mass is 9.43. The quantitative estimate of drug-likeness (QED) is 0.735. The summed E-state index contributed by atoms with van der Waals surface area (Å²) in [5.74, 6) is -0.320. The lowest BCUT2D eigenvalue weighted by molar-refractivity contribution is -0.213. The molecule has 5 nitrogen and oxygen atoms in total. The van der Waals surface area contributed by atoms with Gasteiger partial charge >= 0.3 is 5.97 Å². The van der Waals surface area contributed by atoms with Gasteiger partial charge in [-0.25, -0.2) is 4.79 Å². The summed E-state index contributed by atoms with van der Waals surface area (Å²) < 4.78 is 5.82. The van der Waals surface area contributed by atoms with Crippen LogP contribution >= 0.6 is 0 Å². The fraction of sp³-hybridized carbons (Fsp3) is 0.909. The Balaban J connectivity index is 2.19. The second-order valence-corrected chi connectivity index (χ2v) is 10.0. The molecule has 3 aliphatic carbocycles. The molecular formula is C22H36O5. The molecule has 3 fully saturated rings. The van der Waals surface area contributed by atoms with Crippen molar-refractivity contribution in [1.82, 2.24) is 0 Å². The predicted molar refractivity (Wildman–Crippen MR) is 102 cm³/mol. The first-order chi connectivity index (χ1) is 12.6. The number of ether oxygens (including phenoxy) is 1. The molecule has 2 unspecified atom stereocenters. The van der Waals surface area contributed by atoms with Crippen molar-refractivity contribution < 1.29 is 24.5 Å². The maximum absolute atomic E-state index is 13.1. The van der Waals surface area contributed by atoms with Gasteiger partial charge in [-0.15, -0.1) is 0 Å². The normalized spacial score (nSPS) is 49.9. The molecule has 0 aromatic heterocycles. The molecule has 2 N–H and O–H groups in total. The molecule has 3 aliphatic rings. The van der Waals surface area contributed by atoms with Crippen LogP contribution in [0.15, 0.2) is 0 Å². The first-order valence-corrected chi connectivity index (χ1v) is 10.6. The molecule has 3 saturated carbocycles.